The van der Waals surface area contributed by atoms with Gasteiger partial charge in [0, 0.05) is 23.0 Å². The predicted molar refractivity (Wildman–Crippen MR) is 84.1 cm³/mol. The fraction of sp³-hybridized carbons (Fsp3) is 0.250. The molecule has 0 saturated carbocycles. The number of hydrogen-bond acceptors (Lipinski definition) is 4. The van der Waals surface area contributed by atoms with Gasteiger partial charge in [-0.2, -0.15) is 4.98 Å². The summed E-state index contributed by atoms with van der Waals surface area (Å²) in [6.45, 7) is 3.75. The summed E-state index contributed by atoms with van der Waals surface area (Å²) in [5.74, 6) is 1.22. The Morgan fingerprint density at radius 1 is 1.32 bits per heavy atom. The second-order valence-corrected chi connectivity index (χ2v) is 5.42. The minimum atomic E-state index is -0.712. The van der Waals surface area contributed by atoms with Crippen LogP contribution in [-0.2, 0) is 0 Å². The van der Waals surface area contributed by atoms with Crippen molar-refractivity contribution in [3.05, 3.63) is 53.3 Å². The molecule has 2 heterocycles. The van der Waals surface area contributed by atoms with Gasteiger partial charge in [-0.15, -0.1) is 0 Å². The third-order valence-corrected chi connectivity index (χ3v) is 3.73. The number of oxazole rings is 1. The molecule has 1 aromatic carbocycles. The maximum absolute atomic E-state index is 10.2. The second-order valence-electron chi connectivity index (χ2n) is 4.98. The van der Waals surface area contributed by atoms with Crippen molar-refractivity contribution in [2.24, 2.45) is 0 Å². The van der Waals surface area contributed by atoms with Crippen molar-refractivity contribution in [3.63, 3.8) is 0 Å². The molecule has 1 atom stereocenters. The summed E-state index contributed by atoms with van der Waals surface area (Å²) in [7, 11) is 0. The van der Waals surface area contributed by atoms with Gasteiger partial charge in [0.1, 0.15) is 17.6 Å². The highest BCUT2D eigenvalue weighted by Gasteiger charge is 2.22. The normalized spacial score (nSPS) is 12.5. The molecule has 3 rings (SSSR count). The van der Waals surface area contributed by atoms with E-state index in [2.05, 4.69) is 9.97 Å². The molecule has 0 bridgehead atoms. The van der Waals surface area contributed by atoms with Gasteiger partial charge in [-0.05, 0) is 25.5 Å². The van der Waals surface area contributed by atoms with E-state index in [1.807, 2.05) is 26.0 Å². The molecular weight excluding hydrogens is 302 g/mol. The Morgan fingerprint density at radius 2 is 2.05 bits per heavy atom. The van der Waals surface area contributed by atoms with Crippen LogP contribution in [0.2, 0.25) is 5.02 Å². The van der Waals surface area contributed by atoms with Crippen molar-refractivity contribution < 1.29 is 9.52 Å². The van der Waals surface area contributed by atoms with E-state index in [9.17, 15) is 5.11 Å². The van der Waals surface area contributed by atoms with Crippen molar-refractivity contribution >= 4 is 11.6 Å². The van der Waals surface area contributed by atoms with Crippen LogP contribution in [-0.4, -0.2) is 19.6 Å². The number of aliphatic hydroxyl groups is 1. The molecule has 3 aromatic rings. The molecule has 0 spiro atoms. The number of hydrogen-bond donors (Lipinski definition) is 1. The minimum Gasteiger partial charge on any atom is -0.425 e. The molecule has 0 saturated heterocycles. The van der Waals surface area contributed by atoms with Gasteiger partial charge in [-0.25, -0.2) is 4.98 Å². The lowest BCUT2D eigenvalue weighted by Crippen LogP contribution is -1.95. The highest BCUT2D eigenvalue weighted by molar-refractivity contribution is 6.30. The third kappa shape index (κ3) is 2.65. The van der Waals surface area contributed by atoms with Crippen molar-refractivity contribution in [3.8, 4) is 17.3 Å². The summed E-state index contributed by atoms with van der Waals surface area (Å²) in [6, 6.07) is 7.68. The molecule has 0 aliphatic carbocycles. The average molecular weight is 318 g/mol. The van der Waals surface area contributed by atoms with E-state index in [0.717, 1.165) is 11.4 Å². The summed E-state index contributed by atoms with van der Waals surface area (Å²) in [5, 5.41) is 10.9. The summed E-state index contributed by atoms with van der Waals surface area (Å²) in [6.07, 6.45) is 3.28. The Kier molecular flexibility index (Phi) is 4.00. The minimum absolute atomic E-state index is 0.391. The first-order chi connectivity index (χ1) is 10.6. The van der Waals surface area contributed by atoms with Crippen LogP contribution in [0.15, 0.2) is 41.1 Å². The number of nitrogens with zero attached hydrogens (tertiary/aromatic N) is 3. The van der Waals surface area contributed by atoms with Crippen LogP contribution in [0, 0.1) is 6.92 Å². The number of benzene rings is 1. The molecule has 6 heteroatoms. The molecular formula is C16H16ClN3O2. The van der Waals surface area contributed by atoms with E-state index >= 15 is 0 Å². The lowest BCUT2D eigenvalue weighted by atomic mass is 10.1. The fourth-order valence-electron chi connectivity index (χ4n) is 2.23. The van der Waals surface area contributed by atoms with E-state index in [4.69, 9.17) is 16.0 Å². The van der Waals surface area contributed by atoms with Gasteiger partial charge in [-0.1, -0.05) is 30.7 Å². The molecule has 0 radical (unpaired) electrons. The van der Waals surface area contributed by atoms with Crippen LogP contribution >= 0.6 is 11.6 Å². The highest BCUT2D eigenvalue weighted by Crippen LogP contribution is 2.32. The summed E-state index contributed by atoms with van der Waals surface area (Å²) in [4.78, 5) is 8.70. The summed E-state index contributed by atoms with van der Waals surface area (Å²) < 4.78 is 7.55. The first kappa shape index (κ1) is 14.8. The molecule has 22 heavy (non-hydrogen) atoms. The van der Waals surface area contributed by atoms with Crippen molar-refractivity contribution in [1.29, 1.82) is 0 Å². The Balaban J connectivity index is 2.13. The number of aromatic nitrogens is 3. The standard InChI is InChI=1S/C16H16ClN3O2/c1-3-13(21)15-14(11-4-6-12(17)7-5-11)19-16(22-15)20-9-8-18-10(20)2/h4-9,13,21H,3H2,1-2H3. The lowest BCUT2D eigenvalue weighted by molar-refractivity contribution is 0.146. The highest BCUT2D eigenvalue weighted by atomic mass is 35.5. The van der Waals surface area contributed by atoms with Crippen LogP contribution in [0.1, 0.15) is 31.0 Å². The van der Waals surface area contributed by atoms with Crippen LogP contribution < -0.4 is 0 Å². The van der Waals surface area contributed by atoms with E-state index in [1.54, 1.807) is 29.1 Å². The van der Waals surface area contributed by atoms with E-state index < -0.39 is 6.10 Å². The van der Waals surface area contributed by atoms with Gasteiger partial charge in [-0.3, -0.25) is 4.57 Å². The van der Waals surface area contributed by atoms with Crippen LogP contribution in [0.4, 0.5) is 0 Å². The Morgan fingerprint density at radius 3 is 2.64 bits per heavy atom. The number of halogens is 1. The van der Waals surface area contributed by atoms with Crippen LogP contribution in [0.3, 0.4) is 0 Å². The number of rotatable bonds is 4. The molecule has 1 N–H and O–H groups in total. The van der Waals surface area contributed by atoms with Gasteiger partial charge in [0.05, 0.1) is 0 Å². The molecule has 0 aliphatic heterocycles. The largest absolute Gasteiger partial charge is 0.425 e. The SMILES string of the molecule is CCC(O)c1oc(-n2ccnc2C)nc1-c1ccc(Cl)cc1. The zero-order valence-electron chi connectivity index (χ0n) is 12.3. The smallest absolute Gasteiger partial charge is 0.308 e. The van der Waals surface area contributed by atoms with Crippen molar-refractivity contribution in [2.45, 2.75) is 26.4 Å². The van der Waals surface area contributed by atoms with Gasteiger partial charge in [0.15, 0.2) is 5.76 Å². The van der Waals surface area contributed by atoms with Crippen molar-refractivity contribution in [2.75, 3.05) is 0 Å². The van der Waals surface area contributed by atoms with E-state index in [0.29, 0.717) is 28.9 Å². The molecule has 114 valence electrons. The van der Waals surface area contributed by atoms with Gasteiger partial charge in [0.25, 0.3) is 0 Å². The van der Waals surface area contributed by atoms with Gasteiger partial charge >= 0.3 is 6.01 Å². The zero-order chi connectivity index (χ0) is 15.7. The van der Waals surface area contributed by atoms with Crippen molar-refractivity contribution in [1.82, 2.24) is 14.5 Å². The Bertz CT molecular complexity index is 777. The third-order valence-electron chi connectivity index (χ3n) is 3.48. The average Bonchev–Trinajstić information content (AvgIpc) is 3.13. The molecule has 0 amide bonds. The monoisotopic (exact) mass is 317 g/mol. The van der Waals surface area contributed by atoms with E-state index in [-0.39, 0.29) is 0 Å². The molecule has 1 unspecified atom stereocenters. The van der Waals surface area contributed by atoms with E-state index in [1.165, 1.54) is 0 Å². The van der Waals surface area contributed by atoms with Gasteiger partial charge in [0.2, 0.25) is 0 Å². The second kappa shape index (κ2) is 5.94. The molecule has 2 aromatic heterocycles. The predicted octanol–water partition coefficient (Wildman–Crippen LogP) is 3.93. The molecule has 0 aliphatic rings. The van der Waals surface area contributed by atoms with Gasteiger partial charge < -0.3 is 9.52 Å². The maximum atomic E-state index is 10.2. The maximum Gasteiger partial charge on any atom is 0.308 e. The zero-order valence-corrected chi connectivity index (χ0v) is 13.1. The number of aliphatic hydroxyl groups excluding tert-OH is 1. The molecule has 5 nitrogen and oxygen atoms in total. The quantitative estimate of drug-likeness (QED) is 0.791. The lowest BCUT2D eigenvalue weighted by Gasteiger charge is -2.06. The number of imidazole rings is 1. The van der Waals surface area contributed by atoms with Crippen LogP contribution in [0.5, 0.6) is 0 Å². The Hall–Kier alpha value is -2.11. The Labute approximate surface area is 133 Å². The molecule has 0 fully saturated rings. The first-order valence-corrected chi connectivity index (χ1v) is 7.43. The van der Waals surface area contributed by atoms with Crippen LogP contribution in [0.25, 0.3) is 17.3 Å². The topological polar surface area (TPSA) is 64.1 Å². The number of aryl methyl sites for hydroxylation is 1. The summed E-state index contributed by atoms with van der Waals surface area (Å²) >= 11 is 5.93. The first-order valence-electron chi connectivity index (χ1n) is 7.05. The summed E-state index contributed by atoms with van der Waals surface area (Å²) in [5.41, 5.74) is 1.47. The fourth-order valence-corrected chi connectivity index (χ4v) is 2.36.